The summed E-state index contributed by atoms with van der Waals surface area (Å²) in [4.78, 5) is 49.0. The highest BCUT2D eigenvalue weighted by atomic mass is 32.2. The zero-order valence-electron chi connectivity index (χ0n) is 43.0. The Morgan fingerprint density at radius 1 is 0.482 bits per heavy atom. The summed E-state index contributed by atoms with van der Waals surface area (Å²) in [6.45, 7) is 0.467. The van der Waals surface area contributed by atoms with Crippen molar-refractivity contribution in [2.75, 3.05) is 0 Å². The van der Waals surface area contributed by atoms with Gasteiger partial charge in [0.2, 0.25) is 15.5 Å². The molecule has 6 heterocycles. The highest BCUT2D eigenvalue weighted by molar-refractivity contribution is 7.99. The molecule has 26 heteroatoms. The SMILES string of the molecule is O=[N+]([O-])c1ccc(Sc2n[nH]c(-c3ccccc3)n2)nc1.O=[N+]([O-])c1ccc(Sc2nnc(COc3ccccc3)n2-c2ccccc2)c2cccnc12.O=[N+]([O-])c1ccc(Sc2nnc(COc3ccccc3)n2-c2ccccc2)nc1. The number of fused-ring (bicyclic) bond motifs is 1. The third-order valence-corrected chi connectivity index (χ3v) is 14.3. The van der Waals surface area contributed by atoms with Crippen molar-refractivity contribution in [2.45, 2.75) is 43.6 Å². The van der Waals surface area contributed by atoms with Crippen LogP contribution in [0.15, 0.2) is 249 Å². The number of nitrogens with one attached hydrogen (secondary N) is 1. The lowest BCUT2D eigenvalue weighted by molar-refractivity contribution is -0.385. The van der Waals surface area contributed by atoms with Gasteiger partial charge in [-0.3, -0.25) is 44.6 Å². The Morgan fingerprint density at radius 3 is 1.47 bits per heavy atom. The Hall–Kier alpha value is -10.7. The molecule has 0 amide bonds. The van der Waals surface area contributed by atoms with Crippen molar-refractivity contribution >= 4 is 63.3 Å². The number of H-pyrrole nitrogens is 1. The number of hydrogen-bond donors (Lipinski definition) is 1. The van der Waals surface area contributed by atoms with Crippen molar-refractivity contribution < 1.29 is 24.2 Å². The summed E-state index contributed by atoms with van der Waals surface area (Å²) in [5.74, 6) is 3.41. The summed E-state index contributed by atoms with van der Waals surface area (Å²) in [6.07, 6.45) is 3.99. The fraction of sp³-hybridized carbons (Fsp3) is 0.0351. The van der Waals surface area contributed by atoms with Gasteiger partial charge in [-0.2, -0.15) is 0 Å². The summed E-state index contributed by atoms with van der Waals surface area (Å²) in [5.41, 5.74) is 2.92. The lowest BCUT2D eigenvalue weighted by Crippen LogP contribution is -2.06. The molecule has 0 unspecified atom stereocenters. The number of hydrogen-bond acceptors (Lipinski definition) is 20. The van der Waals surface area contributed by atoms with Crippen molar-refractivity contribution in [2.24, 2.45) is 0 Å². The summed E-state index contributed by atoms with van der Waals surface area (Å²) in [7, 11) is 0. The number of rotatable bonds is 18. The molecular formula is C57H41N15O8S3. The molecule has 1 N–H and O–H groups in total. The Bertz CT molecular complexity index is 4120. The molecule has 0 atom stereocenters. The number of nitrogens with zero attached hydrogens (tertiary/aromatic N) is 14. The molecule has 12 rings (SSSR count). The van der Waals surface area contributed by atoms with E-state index in [0.717, 1.165) is 33.3 Å². The van der Waals surface area contributed by atoms with Crippen molar-refractivity contribution in [3.63, 3.8) is 0 Å². The van der Waals surface area contributed by atoms with Crippen LogP contribution in [0.4, 0.5) is 17.1 Å². The largest absolute Gasteiger partial charge is 0.486 e. The normalized spacial score (nSPS) is 10.7. The van der Waals surface area contributed by atoms with Crippen LogP contribution in [-0.2, 0) is 13.2 Å². The van der Waals surface area contributed by atoms with Crippen molar-refractivity contribution in [1.29, 1.82) is 0 Å². The molecule has 0 bridgehead atoms. The molecule has 23 nitrogen and oxygen atoms in total. The zero-order chi connectivity index (χ0) is 57.3. The maximum absolute atomic E-state index is 11.4. The summed E-state index contributed by atoms with van der Waals surface area (Å²) in [6, 6.07) is 60.8. The lowest BCUT2D eigenvalue weighted by atomic mass is 10.2. The van der Waals surface area contributed by atoms with Crippen LogP contribution >= 0.6 is 35.3 Å². The molecule has 0 saturated heterocycles. The van der Waals surface area contributed by atoms with Gasteiger partial charge in [-0.15, -0.1) is 25.5 Å². The molecule has 0 saturated carbocycles. The van der Waals surface area contributed by atoms with Gasteiger partial charge in [0.05, 0.1) is 14.8 Å². The van der Waals surface area contributed by atoms with E-state index in [1.54, 1.807) is 30.5 Å². The maximum atomic E-state index is 11.4. The number of ether oxygens (including phenoxy) is 2. The van der Waals surface area contributed by atoms with Crippen LogP contribution in [0.3, 0.4) is 0 Å². The Morgan fingerprint density at radius 2 is 0.976 bits per heavy atom. The van der Waals surface area contributed by atoms with E-state index in [4.69, 9.17) is 9.47 Å². The average molecular weight is 1160 g/mol. The second-order valence-electron chi connectivity index (χ2n) is 16.9. The Labute approximate surface area is 483 Å². The number of pyridine rings is 3. The minimum atomic E-state index is -0.484. The Balaban J connectivity index is 0.000000142. The van der Waals surface area contributed by atoms with Gasteiger partial charge in [0, 0.05) is 51.6 Å². The fourth-order valence-electron chi connectivity index (χ4n) is 7.67. The van der Waals surface area contributed by atoms with Gasteiger partial charge in [0.25, 0.3) is 17.1 Å². The lowest BCUT2D eigenvalue weighted by Gasteiger charge is -2.12. The third kappa shape index (κ3) is 14.4. The van der Waals surface area contributed by atoms with E-state index in [1.807, 2.05) is 167 Å². The number of aromatic amines is 1. The maximum Gasteiger partial charge on any atom is 0.295 e. The molecule has 0 fully saturated rings. The molecule has 0 aliphatic rings. The monoisotopic (exact) mass is 1160 g/mol. The molecular weight excluding hydrogens is 1120 g/mol. The first-order chi connectivity index (χ1) is 40.6. The molecule has 410 valence electrons. The molecule has 0 aliphatic heterocycles. The van der Waals surface area contributed by atoms with E-state index in [2.05, 4.69) is 50.5 Å². The predicted molar refractivity (Wildman–Crippen MR) is 309 cm³/mol. The second kappa shape index (κ2) is 27.0. The standard InChI is InChI=1S/C24H17N5O3S.C20H15N5O3S.C13H9N5O2S/c30-29(31)20-13-14-21(19-12-7-15-25-23(19)20)33-24-27-26-22(16-32-18-10-5-2-6-11-18)28(24)17-8-3-1-4-9-17;26-25(27)16-11-12-19(21-13-16)29-20-23-22-18(14-28-17-9-5-2-6-10-17)24(20)15-7-3-1-4-8-15;19-18(20)10-6-7-11(14-8-10)21-13-15-12(16-17-13)9-4-2-1-3-5-9/h1-15H,16H2;1-13H,14H2;1-8H,(H,15,16,17). The molecule has 6 aromatic carbocycles. The summed E-state index contributed by atoms with van der Waals surface area (Å²) >= 11 is 3.88. The van der Waals surface area contributed by atoms with E-state index in [1.165, 1.54) is 65.9 Å². The summed E-state index contributed by atoms with van der Waals surface area (Å²) < 4.78 is 15.6. The first kappa shape index (κ1) is 55.6. The number of nitro groups is 3. The molecule has 0 radical (unpaired) electrons. The van der Waals surface area contributed by atoms with Crippen LogP contribution in [0.1, 0.15) is 11.6 Å². The van der Waals surface area contributed by atoms with Gasteiger partial charge < -0.3 is 9.47 Å². The van der Waals surface area contributed by atoms with Gasteiger partial charge >= 0.3 is 0 Å². The van der Waals surface area contributed by atoms with Gasteiger partial charge in [0.15, 0.2) is 17.5 Å². The van der Waals surface area contributed by atoms with E-state index in [-0.39, 0.29) is 30.3 Å². The second-order valence-corrected chi connectivity index (χ2v) is 19.9. The van der Waals surface area contributed by atoms with Gasteiger partial charge in [-0.05, 0) is 114 Å². The van der Waals surface area contributed by atoms with E-state index in [0.29, 0.717) is 53.9 Å². The van der Waals surface area contributed by atoms with Gasteiger partial charge in [-0.1, -0.05) is 103 Å². The van der Waals surface area contributed by atoms with Crippen molar-refractivity contribution in [3.8, 4) is 34.3 Å². The first-order valence-electron chi connectivity index (χ1n) is 24.7. The third-order valence-electron chi connectivity index (χ3n) is 11.5. The minimum absolute atomic E-state index is 0.0311. The smallest absolute Gasteiger partial charge is 0.295 e. The number of non-ortho nitro benzene ring substituents is 1. The fourth-order valence-corrected chi connectivity index (χ4v) is 10.1. The molecule has 6 aromatic heterocycles. The van der Waals surface area contributed by atoms with E-state index < -0.39 is 14.8 Å². The average Bonchev–Trinajstić information content (AvgIpc) is 3.94. The van der Waals surface area contributed by atoms with E-state index in [9.17, 15) is 30.3 Å². The minimum Gasteiger partial charge on any atom is -0.486 e. The molecule has 0 spiro atoms. The number of nitro benzene ring substituents is 1. The molecule has 12 aromatic rings. The molecule has 0 aliphatic carbocycles. The number of aromatic nitrogens is 12. The van der Waals surface area contributed by atoms with Crippen molar-refractivity contribution in [3.05, 3.63) is 261 Å². The highest BCUT2D eigenvalue weighted by Gasteiger charge is 2.22. The molecule has 83 heavy (non-hydrogen) atoms. The van der Waals surface area contributed by atoms with Crippen LogP contribution in [-0.4, -0.2) is 74.4 Å². The quantitative estimate of drug-likeness (QED) is 0.0617. The highest BCUT2D eigenvalue weighted by Crippen LogP contribution is 2.37. The number of benzene rings is 6. The predicted octanol–water partition coefficient (Wildman–Crippen LogP) is 12.7. The first-order valence-corrected chi connectivity index (χ1v) is 27.2. The van der Waals surface area contributed by atoms with Crippen LogP contribution in [0.5, 0.6) is 11.5 Å². The van der Waals surface area contributed by atoms with Crippen LogP contribution in [0, 0.1) is 30.3 Å². The zero-order valence-corrected chi connectivity index (χ0v) is 45.4. The van der Waals surface area contributed by atoms with Crippen LogP contribution in [0.2, 0.25) is 0 Å². The summed E-state index contributed by atoms with van der Waals surface area (Å²) in [5, 5.41) is 60.7. The number of para-hydroxylation sites is 4. The van der Waals surface area contributed by atoms with E-state index >= 15 is 0 Å². The Kier molecular flexibility index (Phi) is 18.1. The van der Waals surface area contributed by atoms with Crippen LogP contribution < -0.4 is 9.47 Å². The van der Waals surface area contributed by atoms with Gasteiger partial charge in [-0.25, -0.2) is 19.9 Å². The topological polar surface area (TPSA) is 290 Å². The van der Waals surface area contributed by atoms with Crippen molar-refractivity contribution in [1.82, 2.24) is 59.7 Å². The van der Waals surface area contributed by atoms with Gasteiger partial charge in [0.1, 0.15) is 52.7 Å². The van der Waals surface area contributed by atoms with Crippen LogP contribution in [0.25, 0.3) is 33.7 Å².